The Labute approximate surface area is 47.8 Å². The second-order valence-electron chi connectivity index (χ2n) is 1.30. The fourth-order valence-electron chi connectivity index (χ4n) is 0.394. The summed E-state index contributed by atoms with van der Waals surface area (Å²) in [5.41, 5.74) is 0. The normalized spacial score (nSPS) is 14.3. The largest absolute Gasteiger partial charge is 0.138 e. The molecule has 0 saturated carbocycles. The topological polar surface area (TPSA) is 0 Å². The van der Waals surface area contributed by atoms with E-state index in [1.807, 2.05) is 12.1 Å². The van der Waals surface area contributed by atoms with Crippen molar-refractivity contribution in [1.82, 2.24) is 0 Å². The van der Waals surface area contributed by atoms with Crippen molar-refractivity contribution >= 4 is 24.5 Å². The zero-order chi connectivity index (χ0) is 5.98. The van der Waals surface area contributed by atoms with Crippen LogP contribution in [0.4, 0.5) is 0 Å². The van der Waals surface area contributed by atoms with Gasteiger partial charge in [0, 0.05) is 9.06 Å². The average Bonchev–Trinajstić information content (AvgIpc) is 2.14. The minimum absolute atomic E-state index is 0.968. The Morgan fingerprint density at radius 1 is 1.57 bits per heavy atom. The lowest BCUT2D eigenvalue weighted by molar-refractivity contribution is 1.89. The summed E-state index contributed by atoms with van der Waals surface area (Å²) >= 11 is 1.53. The van der Waals surface area contributed by atoms with Gasteiger partial charge in [-0.25, -0.2) is 0 Å². The maximum absolute atomic E-state index is 6.81. The molecule has 0 nitrogen and oxygen atoms in total. The van der Waals surface area contributed by atoms with E-state index in [1.54, 1.807) is 0 Å². The van der Waals surface area contributed by atoms with Gasteiger partial charge in [0.2, 0.25) is 0 Å². The van der Waals surface area contributed by atoms with Crippen LogP contribution in [0.5, 0.6) is 0 Å². The molecule has 0 aliphatic heterocycles. The molecule has 1 heterocycles. The molecule has 0 aliphatic carbocycles. The van der Waals surface area contributed by atoms with Crippen molar-refractivity contribution in [1.29, 1.82) is 0 Å². The molecule has 0 radical (unpaired) electrons. The van der Waals surface area contributed by atoms with Gasteiger partial charge in [-0.05, 0) is 12.1 Å². The van der Waals surface area contributed by atoms with Crippen LogP contribution >= 0.6 is 11.3 Å². The summed E-state index contributed by atoms with van der Waals surface area (Å²) in [6.07, 6.45) is 0. The highest BCUT2D eigenvalue weighted by molar-refractivity contribution is 7.07. The maximum atomic E-state index is 6.81. The third-order valence-corrected chi connectivity index (χ3v) is 1.45. The highest BCUT2D eigenvalue weighted by Crippen LogP contribution is 1.70. The first kappa shape index (κ1) is 3.44. The summed E-state index contributed by atoms with van der Waals surface area (Å²) in [7, 11) is 0. The van der Waals surface area contributed by atoms with E-state index < -0.39 is 0 Å². The monoisotopic (exact) mass is 111 g/mol. The van der Waals surface area contributed by atoms with Gasteiger partial charge in [0.1, 0.15) is 0 Å². The van der Waals surface area contributed by atoms with Gasteiger partial charge in [-0.2, -0.15) is 0 Å². The van der Waals surface area contributed by atoms with E-state index in [2.05, 4.69) is 6.58 Å². The van der Waals surface area contributed by atoms with Crippen LogP contribution in [0.2, 0.25) is 0 Å². The molecule has 0 aliphatic rings. The van der Waals surface area contributed by atoms with Crippen LogP contribution in [-0.4, -0.2) is 0 Å². The molecule has 36 valence electrons. The molecular weight excluding hydrogens is 104 g/mol. The van der Waals surface area contributed by atoms with Gasteiger partial charge < -0.3 is 0 Å². The lowest BCUT2D eigenvalue weighted by atomic mass is 10.6. The summed E-state index contributed by atoms with van der Waals surface area (Å²) in [4.78, 5) is 0. The third kappa shape index (κ3) is 0.904. The minimum Gasteiger partial charge on any atom is -0.138 e. The molecule has 0 spiro atoms. The fraction of sp³-hybridized carbons (Fsp3) is 0. The number of hydrogen-bond acceptors (Lipinski definition) is 1. The Hall–Kier alpha value is -0.560. The molecule has 1 rings (SSSR count). The summed E-state index contributed by atoms with van der Waals surface area (Å²) < 4.78 is 8.80. The molecule has 1 aromatic rings. The van der Waals surface area contributed by atoms with Crippen molar-refractivity contribution < 1.29 is 1.37 Å². The number of thiophene rings is 1. The minimum atomic E-state index is 0.968. The lowest BCUT2D eigenvalue weighted by Crippen LogP contribution is -1.84. The molecular formula is C6H6S. The summed E-state index contributed by atoms with van der Waals surface area (Å²) in [6, 6.07) is 3.80. The molecule has 0 bridgehead atoms. The van der Waals surface area contributed by atoms with Crippen LogP contribution < -0.4 is 9.06 Å². The van der Waals surface area contributed by atoms with E-state index >= 15 is 0 Å². The molecule has 0 fully saturated rings. The highest BCUT2D eigenvalue weighted by atomic mass is 32.1. The van der Waals surface area contributed by atoms with Gasteiger partial charge in [-0.15, -0.1) is 11.3 Å². The van der Waals surface area contributed by atoms with Crippen LogP contribution in [0, 0.1) is 0 Å². The van der Waals surface area contributed by atoms with Crippen molar-refractivity contribution in [3.8, 4) is 0 Å². The molecule has 0 N–H and O–H groups in total. The van der Waals surface area contributed by atoms with Crippen molar-refractivity contribution in [3.63, 3.8) is 0 Å². The van der Waals surface area contributed by atoms with E-state index in [4.69, 9.17) is 1.37 Å². The second-order valence-corrected chi connectivity index (χ2v) is 2.50. The van der Waals surface area contributed by atoms with Gasteiger partial charge in [-0.3, -0.25) is 0 Å². The molecule has 0 saturated heterocycles. The number of hydrogen-bond donors (Lipinski definition) is 0. The van der Waals surface area contributed by atoms with Crippen molar-refractivity contribution in [3.05, 3.63) is 21.2 Å². The molecule has 1 heteroatoms. The van der Waals surface area contributed by atoms with Crippen molar-refractivity contribution in [2.24, 2.45) is 0 Å². The molecule has 0 atom stereocenters. The van der Waals surface area contributed by atoms with Gasteiger partial charge in [0.05, 0.1) is 1.37 Å². The Morgan fingerprint density at radius 2 is 2.29 bits per heavy atom. The molecule has 1 aromatic heterocycles. The van der Waals surface area contributed by atoms with E-state index in [1.165, 1.54) is 17.9 Å². The predicted molar refractivity (Wildman–Crippen MR) is 34.6 cm³/mol. The van der Waals surface area contributed by atoms with Gasteiger partial charge in [0.15, 0.2) is 0 Å². The first-order valence-corrected chi connectivity index (χ1v) is 2.78. The zero-order valence-corrected chi connectivity index (χ0v) is 4.66. The first-order chi connectivity index (χ1) is 3.83. The van der Waals surface area contributed by atoms with Gasteiger partial charge in [0.25, 0.3) is 0 Å². The highest BCUT2D eigenvalue weighted by Gasteiger charge is 1.72. The van der Waals surface area contributed by atoms with Crippen LogP contribution in [0.1, 0.15) is 1.37 Å². The molecule has 0 unspecified atom stereocenters. The summed E-state index contributed by atoms with van der Waals surface area (Å²) in [5, 5.41) is 0. The lowest BCUT2D eigenvalue weighted by Gasteiger charge is -1.55. The van der Waals surface area contributed by atoms with Gasteiger partial charge in [-0.1, -0.05) is 13.1 Å². The zero-order valence-electron chi connectivity index (χ0n) is 4.85. The first-order valence-electron chi connectivity index (χ1n) is 2.54. The van der Waals surface area contributed by atoms with Crippen LogP contribution in [0.3, 0.4) is 0 Å². The van der Waals surface area contributed by atoms with E-state index in [0.717, 1.165) is 9.06 Å². The molecule has 0 aromatic carbocycles. The summed E-state index contributed by atoms with van der Waals surface area (Å²) in [5.74, 6) is 0. The molecule has 0 amide bonds. The SMILES string of the molecule is [2H]C=c1ccc(=C)s1. The van der Waals surface area contributed by atoms with Crippen LogP contribution in [0.25, 0.3) is 13.1 Å². The quantitative estimate of drug-likeness (QED) is 0.459. The standard InChI is InChI=1S/C6H6S/c1-5-3-4-6(2)7-5/h3-4H,1-2H2/i1D. The van der Waals surface area contributed by atoms with Gasteiger partial charge >= 0.3 is 0 Å². The van der Waals surface area contributed by atoms with Crippen LogP contribution in [-0.2, 0) is 0 Å². The van der Waals surface area contributed by atoms with Crippen molar-refractivity contribution in [2.45, 2.75) is 0 Å². The summed E-state index contributed by atoms with van der Waals surface area (Å²) in [6.45, 7) is 5.04. The Balaban J connectivity index is 3.41. The van der Waals surface area contributed by atoms with Crippen LogP contribution in [0.15, 0.2) is 12.1 Å². The van der Waals surface area contributed by atoms with E-state index in [-0.39, 0.29) is 0 Å². The van der Waals surface area contributed by atoms with E-state index in [0.29, 0.717) is 0 Å². The number of rotatable bonds is 0. The second kappa shape index (κ2) is 1.51. The fourth-order valence-corrected chi connectivity index (χ4v) is 0.969. The maximum Gasteiger partial charge on any atom is 0.0552 e. The Bertz CT molecular complexity index is 260. The third-order valence-electron chi connectivity index (χ3n) is 0.682. The average molecular weight is 111 g/mol. The van der Waals surface area contributed by atoms with E-state index in [9.17, 15) is 0 Å². The smallest absolute Gasteiger partial charge is 0.0552 e. The Morgan fingerprint density at radius 3 is 2.57 bits per heavy atom. The Kier molecular flexibility index (Phi) is 0.740. The molecule has 7 heavy (non-hydrogen) atoms. The predicted octanol–water partition coefficient (Wildman–Crippen LogP) is 0.569. The van der Waals surface area contributed by atoms with Crippen molar-refractivity contribution in [2.75, 3.05) is 0 Å².